The van der Waals surface area contributed by atoms with Crippen molar-refractivity contribution in [2.45, 2.75) is 32.4 Å². The van der Waals surface area contributed by atoms with Gasteiger partial charge in [0.2, 0.25) is 5.95 Å². The molecule has 6 rings (SSSR count). The first kappa shape index (κ1) is 22.7. The third-order valence-electron chi connectivity index (χ3n) is 7.08. The molecule has 1 aromatic carbocycles. The monoisotopic (exact) mass is 486 g/mol. The zero-order chi connectivity index (χ0) is 24.8. The number of anilines is 2. The first-order valence-corrected chi connectivity index (χ1v) is 12.4. The normalized spacial score (nSPS) is 16.6. The molecule has 0 atom stereocenters. The van der Waals surface area contributed by atoms with Gasteiger partial charge in [0.25, 0.3) is 5.91 Å². The van der Waals surface area contributed by atoms with Gasteiger partial charge in [-0.15, -0.1) is 0 Å². The Hall–Kier alpha value is -3.76. The summed E-state index contributed by atoms with van der Waals surface area (Å²) in [6.07, 6.45) is 7.52. The van der Waals surface area contributed by atoms with E-state index in [1.807, 2.05) is 60.1 Å². The molecular formula is C26H30N8O2. The average molecular weight is 487 g/mol. The summed E-state index contributed by atoms with van der Waals surface area (Å²) >= 11 is 0. The Morgan fingerprint density at radius 1 is 1.17 bits per heavy atom. The lowest BCUT2D eigenvalue weighted by molar-refractivity contribution is -0.00297. The predicted octanol–water partition coefficient (Wildman–Crippen LogP) is 2.62. The Bertz CT molecular complexity index is 1430. The Balaban J connectivity index is 1.24. The number of aromatic nitrogens is 5. The number of hydrogen-bond acceptors (Lipinski definition) is 7. The van der Waals surface area contributed by atoms with Crippen LogP contribution in [-0.2, 0) is 13.6 Å². The SMILES string of the molecule is Cc1nn(-c2ccnc(Nc3ccc4c(c3)c(C(=O)N3CCCC3)cn4C)n2)cc1CN1CC(O)C1. The zero-order valence-corrected chi connectivity index (χ0v) is 20.6. The van der Waals surface area contributed by atoms with Crippen molar-refractivity contribution >= 4 is 28.4 Å². The van der Waals surface area contributed by atoms with Crippen molar-refractivity contribution in [2.24, 2.45) is 7.05 Å². The van der Waals surface area contributed by atoms with Gasteiger partial charge in [-0.05, 0) is 38.0 Å². The van der Waals surface area contributed by atoms with Gasteiger partial charge in [-0.25, -0.2) is 9.67 Å². The number of carbonyl (C=O) groups excluding carboxylic acids is 1. The molecule has 3 aromatic heterocycles. The van der Waals surface area contributed by atoms with Gasteiger partial charge in [0.15, 0.2) is 5.82 Å². The standard InChI is InChI=1S/C26H30N8O2/c1-17-18(12-32-14-20(35)15-32)13-34(30-17)24-7-8-27-26(29-24)28-19-5-6-23-21(11-19)22(16-31(23)2)25(36)33-9-3-4-10-33/h5-8,11,13,16,20,35H,3-4,9-10,12,14-15H2,1-2H3,(H,27,28,29). The molecule has 186 valence electrons. The summed E-state index contributed by atoms with van der Waals surface area (Å²) in [5.41, 5.74) is 4.60. The molecule has 2 N–H and O–H groups in total. The number of aliphatic hydroxyl groups is 1. The third-order valence-corrected chi connectivity index (χ3v) is 7.08. The molecule has 1 amide bonds. The molecule has 10 nitrogen and oxygen atoms in total. The third kappa shape index (κ3) is 4.22. The van der Waals surface area contributed by atoms with E-state index in [1.165, 1.54) is 0 Å². The van der Waals surface area contributed by atoms with Crippen LogP contribution >= 0.6 is 0 Å². The van der Waals surface area contributed by atoms with E-state index in [1.54, 1.807) is 10.9 Å². The molecule has 0 aliphatic carbocycles. The fourth-order valence-electron chi connectivity index (χ4n) is 5.08. The maximum Gasteiger partial charge on any atom is 0.256 e. The van der Waals surface area contributed by atoms with E-state index in [9.17, 15) is 9.90 Å². The fourth-order valence-corrected chi connectivity index (χ4v) is 5.08. The van der Waals surface area contributed by atoms with E-state index in [2.05, 4.69) is 25.3 Å². The number of benzene rings is 1. The Morgan fingerprint density at radius 2 is 1.97 bits per heavy atom. The van der Waals surface area contributed by atoms with Crippen molar-refractivity contribution in [3.63, 3.8) is 0 Å². The minimum Gasteiger partial charge on any atom is -0.390 e. The van der Waals surface area contributed by atoms with Crippen LogP contribution in [0, 0.1) is 6.92 Å². The van der Waals surface area contributed by atoms with E-state index in [0.717, 1.165) is 65.9 Å². The molecule has 2 aliphatic rings. The maximum absolute atomic E-state index is 13.1. The molecular weight excluding hydrogens is 456 g/mol. The van der Waals surface area contributed by atoms with Crippen molar-refractivity contribution in [3.8, 4) is 5.82 Å². The van der Waals surface area contributed by atoms with Gasteiger partial charge in [0.1, 0.15) is 0 Å². The highest BCUT2D eigenvalue weighted by molar-refractivity contribution is 6.07. The summed E-state index contributed by atoms with van der Waals surface area (Å²) < 4.78 is 3.76. The highest BCUT2D eigenvalue weighted by Crippen LogP contribution is 2.28. The van der Waals surface area contributed by atoms with Crippen LogP contribution in [0.15, 0.2) is 42.9 Å². The maximum atomic E-state index is 13.1. The molecule has 36 heavy (non-hydrogen) atoms. The summed E-state index contributed by atoms with van der Waals surface area (Å²) in [6, 6.07) is 7.80. The lowest BCUT2D eigenvalue weighted by Gasteiger charge is -2.35. The van der Waals surface area contributed by atoms with E-state index < -0.39 is 0 Å². The van der Waals surface area contributed by atoms with E-state index in [0.29, 0.717) is 24.9 Å². The van der Waals surface area contributed by atoms with Gasteiger partial charge in [0, 0.05) is 86.6 Å². The minimum absolute atomic E-state index is 0.0890. The lowest BCUT2D eigenvalue weighted by Crippen LogP contribution is -2.49. The number of nitrogens with one attached hydrogen (secondary N) is 1. The van der Waals surface area contributed by atoms with Gasteiger partial charge in [-0.2, -0.15) is 10.1 Å². The van der Waals surface area contributed by atoms with Crippen LogP contribution in [0.25, 0.3) is 16.7 Å². The topological polar surface area (TPSA) is 104 Å². The van der Waals surface area contributed by atoms with Crippen LogP contribution in [0.4, 0.5) is 11.6 Å². The second-order valence-electron chi connectivity index (χ2n) is 9.78. The van der Waals surface area contributed by atoms with Gasteiger partial charge in [0.05, 0.1) is 17.4 Å². The second kappa shape index (κ2) is 9.03. The van der Waals surface area contributed by atoms with Crippen LogP contribution in [0.3, 0.4) is 0 Å². The molecule has 4 aromatic rings. The van der Waals surface area contributed by atoms with Crippen molar-refractivity contribution in [1.82, 2.24) is 34.1 Å². The molecule has 2 aliphatic heterocycles. The number of aryl methyl sites for hydroxylation is 2. The molecule has 0 spiro atoms. The van der Waals surface area contributed by atoms with E-state index in [4.69, 9.17) is 0 Å². The molecule has 5 heterocycles. The fraction of sp³-hybridized carbons (Fsp3) is 0.385. The molecule has 2 fully saturated rings. The Morgan fingerprint density at radius 3 is 2.75 bits per heavy atom. The number of hydrogen-bond donors (Lipinski definition) is 2. The number of nitrogens with zero attached hydrogens (tertiary/aromatic N) is 7. The minimum atomic E-state index is -0.222. The highest BCUT2D eigenvalue weighted by Gasteiger charge is 2.25. The number of β-amino-alcohol motifs (C(OH)–C–C–N with tert-alkyl or cyclic N) is 1. The average Bonchev–Trinajstić information content (AvgIpc) is 3.58. The zero-order valence-electron chi connectivity index (χ0n) is 20.6. The summed E-state index contributed by atoms with van der Waals surface area (Å²) in [5.74, 6) is 1.21. The molecule has 0 radical (unpaired) electrons. The van der Waals surface area contributed by atoms with Gasteiger partial charge < -0.3 is 19.9 Å². The summed E-state index contributed by atoms with van der Waals surface area (Å²) in [7, 11) is 1.97. The molecule has 0 saturated carbocycles. The van der Waals surface area contributed by atoms with Crippen molar-refractivity contribution < 1.29 is 9.90 Å². The van der Waals surface area contributed by atoms with Gasteiger partial charge >= 0.3 is 0 Å². The number of likely N-dealkylation sites (tertiary alicyclic amines) is 2. The Kier molecular flexibility index (Phi) is 5.69. The summed E-state index contributed by atoms with van der Waals surface area (Å²) in [6.45, 7) is 5.78. The number of aliphatic hydroxyl groups excluding tert-OH is 1. The van der Waals surface area contributed by atoms with Crippen molar-refractivity contribution in [1.29, 1.82) is 0 Å². The number of rotatable bonds is 6. The summed E-state index contributed by atoms with van der Waals surface area (Å²) in [5, 5.41) is 18.4. The summed E-state index contributed by atoms with van der Waals surface area (Å²) in [4.78, 5) is 26.3. The number of fused-ring (bicyclic) bond motifs is 1. The van der Waals surface area contributed by atoms with Crippen LogP contribution in [0.2, 0.25) is 0 Å². The molecule has 0 bridgehead atoms. The predicted molar refractivity (Wildman–Crippen MR) is 137 cm³/mol. The van der Waals surface area contributed by atoms with E-state index in [-0.39, 0.29) is 12.0 Å². The van der Waals surface area contributed by atoms with Crippen LogP contribution in [0.5, 0.6) is 0 Å². The lowest BCUT2D eigenvalue weighted by atomic mass is 10.1. The van der Waals surface area contributed by atoms with Crippen molar-refractivity contribution in [2.75, 3.05) is 31.5 Å². The van der Waals surface area contributed by atoms with Crippen LogP contribution in [0.1, 0.15) is 34.5 Å². The number of carbonyl (C=O) groups is 1. The van der Waals surface area contributed by atoms with Crippen molar-refractivity contribution in [3.05, 3.63) is 59.7 Å². The Labute approximate surface area is 209 Å². The second-order valence-corrected chi connectivity index (χ2v) is 9.78. The van der Waals surface area contributed by atoms with Crippen LogP contribution in [-0.4, -0.2) is 77.4 Å². The van der Waals surface area contributed by atoms with Gasteiger partial charge in [-0.1, -0.05) is 0 Å². The molecule has 0 unspecified atom stereocenters. The largest absolute Gasteiger partial charge is 0.390 e. The number of amides is 1. The molecule has 10 heteroatoms. The molecule has 2 saturated heterocycles. The van der Waals surface area contributed by atoms with Gasteiger partial charge in [-0.3, -0.25) is 9.69 Å². The van der Waals surface area contributed by atoms with Crippen LogP contribution < -0.4 is 5.32 Å². The smallest absolute Gasteiger partial charge is 0.256 e. The first-order valence-electron chi connectivity index (χ1n) is 12.4. The first-order chi connectivity index (χ1) is 17.4. The highest BCUT2D eigenvalue weighted by atomic mass is 16.3. The van der Waals surface area contributed by atoms with E-state index >= 15 is 0 Å². The quantitative estimate of drug-likeness (QED) is 0.432.